The van der Waals surface area contributed by atoms with Crippen LogP contribution in [-0.4, -0.2) is 9.55 Å². The van der Waals surface area contributed by atoms with Crippen LogP contribution in [0.25, 0.3) is 21.8 Å². The second kappa shape index (κ2) is 5.64. The van der Waals surface area contributed by atoms with Gasteiger partial charge >= 0.3 is 0 Å². The summed E-state index contributed by atoms with van der Waals surface area (Å²) in [5.41, 5.74) is 2.54. The molecule has 4 aromatic rings. The first-order valence-corrected chi connectivity index (χ1v) is 7.63. The Morgan fingerprint density at radius 2 is 1.79 bits per heavy atom. The third-order valence-corrected chi connectivity index (χ3v) is 4.10. The summed E-state index contributed by atoms with van der Waals surface area (Å²) in [6, 6.07) is 21.3. The highest BCUT2D eigenvalue weighted by Crippen LogP contribution is 2.16. The Bertz CT molecular complexity index is 1170. The molecule has 0 spiro atoms. The molecule has 114 valence electrons. The Morgan fingerprint density at radius 3 is 2.67 bits per heavy atom. The molecule has 2 heterocycles. The van der Waals surface area contributed by atoms with Gasteiger partial charge in [0.15, 0.2) is 0 Å². The van der Waals surface area contributed by atoms with Crippen molar-refractivity contribution in [2.45, 2.75) is 6.54 Å². The summed E-state index contributed by atoms with van der Waals surface area (Å²) < 4.78 is 1.91. The molecule has 0 amide bonds. The molecule has 4 heteroatoms. The quantitative estimate of drug-likeness (QED) is 0.569. The lowest BCUT2D eigenvalue weighted by Crippen LogP contribution is -2.13. The van der Waals surface area contributed by atoms with Crippen LogP contribution >= 0.6 is 0 Å². The van der Waals surface area contributed by atoms with Crippen molar-refractivity contribution in [3.63, 3.8) is 0 Å². The molecule has 4 rings (SSSR count). The summed E-state index contributed by atoms with van der Waals surface area (Å²) >= 11 is 0. The lowest BCUT2D eigenvalue weighted by molar-refractivity contribution is 0.801. The number of aromatic nitrogens is 2. The number of hydrogen-bond donors (Lipinski definition) is 0. The van der Waals surface area contributed by atoms with E-state index in [0.717, 1.165) is 22.1 Å². The smallest absolute Gasteiger partial charge is 0.207 e. The average Bonchev–Trinajstić information content (AvgIpc) is 2.64. The molecule has 0 N–H and O–H groups in total. The van der Waals surface area contributed by atoms with Gasteiger partial charge in [0.1, 0.15) is 11.6 Å². The number of rotatable bonds is 2. The van der Waals surface area contributed by atoms with E-state index < -0.39 is 0 Å². The molecule has 0 aliphatic heterocycles. The SMILES string of the molecule is N#Cc1cn(Cc2ccc3ccccc3n2)c2ccccc2c1=O. The lowest BCUT2D eigenvalue weighted by atomic mass is 10.1. The van der Waals surface area contributed by atoms with Crippen molar-refractivity contribution < 1.29 is 0 Å². The van der Waals surface area contributed by atoms with Crippen LogP contribution in [0.5, 0.6) is 0 Å². The van der Waals surface area contributed by atoms with Gasteiger partial charge in [-0.25, -0.2) is 0 Å². The minimum Gasteiger partial charge on any atom is -0.340 e. The largest absolute Gasteiger partial charge is 0.340 e. The van der Waals surface area contributed by atoms with Crippen molar-refractivity contribution in [2.75, 3.05) is 0 Å². The van der Waals surface area contributed by atoms with Crippen LogP contribution in [0.4, 0.5) is 0 Å². The summed E-state index contributed by atoms with van der Waals surface area (Å²) in [6.07, 6.45) is 1.61. The van der Waals surface area contributed by atoms with Gasteiger partial charge < -0.3 is 4.57 Å². The number of fused-ring (bicyclic) bond motifs is 2. The molecule has 2 aromatic heterocycles. The van der Waals surface area contributed by atoms with E-state index in [4.69, 9.17) is 0 Å². The minimum absolute atomic E-state index is 0.148. The number of hydrogen-bond acceptors (Lipinski definition) is 3. The Balaban J connectivity index is 1.88. The average molecular weight is 311 g/mol. The Kier molecular flexibility index (Phi) is 3.33. The van der Waals surface area contributed by atoms with Crippen LogP contribution in [-0.2, 0) is 6.54 Å². The normalized spacial score (nSPS) is 10.8. The topological polar surface area (TPSA) is 58.7 Å². The van der Waals surface area contributed by atoms with Crippen molar-refractivity contribution >= 4 is 21.8 Å². The van der Waals surface area contributed by atoms with Crippen molar-refractivity contribution in [3.8, 4) is 6.07 Å². The van der Waals surface area contributed by atoms with E-state index in [1.807, 2.05) is 65.2 Å². The zero-order valence-corrected chi connectivity index (χ0v) is 12.8. The summed E-state index contributed by atoms with van der Waals surface area (Å²) in [7, 11) is 0. The lowest BCUT2D eigenvalue weighted by Gasteiger charge is -2.11. The first-order valence-electron chi connectivity index (χ1n) is 7.63. The minimum atomic E-state index is -0.226. The zero-order chi connectivity index (χ0) is 16.5. The number of nitrogens with zero attached hydrogens (tertiary/aromatic N) is 3. The molecule has 0 aliphatic rings. The third kappa shape index (κ3) is 2.33. The summed E-state index contributed by atoms with van der Waals surface area (Å²) in [6.45, 7) is 0.500. The first kappa shape index (κ1) is 14.2. The predicted molar refractivity (Wildman–Crippen MR) is 93.8 cm³/mol. The third-order valence-electron chi connectivity index (χ3n) is 4.10. The molecule has 4 nitrogen and oxygen atoms in total. The molecule has 0 unspecified atom stereocenters. The van der Waals surface area contributed by atoms with Gasteiger partial charge in [-0.3, -0.25) is 9.78 Å². The van der Waals surface area contributed by atoms with E-state index in [2.05, 4.69) is 4.98 Å². The van der Waals surface area contributed by atoms with Crippen LogP contribution in [0.2, 0.25) is 0 Å². The van der Waals surface area contributed by atoms with E-state index in [-0.39, 0.29) is 11.0 Å². The predicted octanol–water partition coefficient (Wildman–Crippen LogP) is 3.47. The van der Waals surface area contributed by atoms with E-state index in [9.17, 15) is 10.1 Å². The van der Waals surface area contributed by atoms with Gasteiger partial charge in [-0.15, -0.1) is 0 Å². The fraction of sp³-hybridized carbons (Fsp3) is 0.0500. The van der Waals surface area contributed by atoms with Gasteiger partial charge in [0.05, 0.1) is 23.3 Å². The molecule has 0 saturated heterocycles. The van der Waals surface area contributed by atoms with Crippen LogP contribution in [0.3, 0.4) is 0 Å². The number of para-hydroxylation sites is 2. The Morgan fingerprint density at radius 1 is 1.00 bits per heavy atom. The zero-order valence-electron chi connectivity index (χ0n) is 12.8. The first-order chi connectivity index (χ1) is 11.8. The standard InChI is InChI=1S/C20H13N3O/c21-11-15-12-23(19-8-4-2-6-17(19)20(15)24)13-16-10-9-14-5-1-3-7-18(14)22-16/h1-10,12H,13H2. The molecule has 0 fully saturated rings. The van der Waals surface area contributed by atoms with Crippen molar-refractivity contribution in [1.29, 1.82) is 5.26 Å². The van der Waals surface area contributed by atoms with Gasteiger partial charge in [0.25, 0.3) is 0 Å². The van der Waals surface area contributed by atoms with Crippen molar-refractivity contribution in [2.24, 2.45) is 0 Å². The fourth-order valence-corrected chi connectivity index (χ4v) is 2.93. The molecule has 0 atom stereocenters. The highest BCUT2D eigenvalue weighted by atomic mass is 16.1. The number of benzene rings is 2. The van der Waals surface area contributed by atoms with Crippen LogP contribution in [0.15, 0.2) is 71.7 Å². The van der Waals surface area contributed by atoms with Crippen LogP contribution < -0.4 is 5.43 Å². The molecular formula is C20H13N3O. The number of nitriles is 1. The maximum absolute atomic E-state index is 12.3. The summed E-state index contributed by atoms with van der Waals surface area (Å²) in [5, 5.41) is 10.9. The molecule has 24 heavy (non-hydrogen) atoms. The summed E-state index contributed by atoms with van der Waals surface area (Å²) in [4.78, 5) is 17.0. The number of pyridine rings is 2. The molecule has 0 saturated carbocycles. The highest BCUT2D eigenvalue weighted by Gasteiger charge is 2.09. The van der Waals surface area contributed by atoms with Gasteiger partial charge in [-0.2, -0.15) is 5.26 Å². The maximum Gasteiger partial charge on any atom is 0.207 e. The highest BCUT2D eigenvalue weighted by molar-refractivity contribution is 5.80. The van der Waals surface area contributed by atoms with Gasteiger partial charge in [0, 0.05) is 17.0 Å². The van der Waals surface area contributed by atoms with E-state index in [0.29, 0.717) is 11.9 Å². The fourth-order valence-electron chi connectivity index (χ4n) is 2.93. The summed E-state index contributed by atoms with van der Waals surface area (Å²) in [5.74, 6) is 0. The monoisotopic (exact) mass is 311 g/mol. The second-order valence-electron chi connectivity index (χ2n) is 5.62. The van der Waals surface area contributed by atoms with E-state index in [1.54, 1.807) is 12.3 Å². The molecule has 0 radical (unpaired) electrons. The van der Waals surface area contributed by atoms with Gasteiger partial charge in [-0.1, -0.05) is 36.4 Å². The molecule has 0 aliphatic carbocycles. The Hall–Kier alpha value is -3.45. The second-order valence-corrected chi connectivity index (χ2v) is 5.62. The van der Waals surface area contributed by atoms with Gasteiger partial charge in [-0.05, 0) is 24.3 Å². The molecule has 2 aromatic carbocycles. The molecular weight excluding hydrogens is 298 g/mol. The van der Waals surface area contributed by atoms with Gasteiger partial charge in [0.2, 0.25) is 5.43 Å². The van der Waals surface area contributed by atoms with E-state index in [1.165, 1.54) is 0 Å². The van der Waals surface area contributed by atoms with Crippen LogP contribution in [0.1, 0.15) is 11.3 Å². The van der Waals surface area contributed by atoms with Crippen molar-refractivity contribution in [3.05, 3.63) is 88.3 Å². The maximum atomic E-state index is 12.3. The van der Waals surface area contributed by atoms with E-state index >= 15 is 0 Å². The van der Waals surface area contributed by atoms with Crippen LogP contribution in [0, 0.1) is 11.3 Å². The molecule has 0 bridgehead atoms. The Labute approximate surface area is 138 Å². The van der Waals surface area contributed by atoms with Crippen molar-refractivity contribution in [1.82, 2.24) is 9.55 Å².